The number of allylic oxidation sites excluding steroid dienone is 1. The second-order valence-electron chi connectivity index (χ2n) is 8.92. The van der Waals surface area contributed by atoms with Crippen LogP contribution in [0.1, 0.15) is 39.8 Å². The maximum Gasteiger partial charge on any atom is 0.413 e. The number of thiazole rings is 1. The van der Waals surface area contributed by atoms with E-state index in [1.807, 2.05) is 6.92 Å². The first-order valence-electron chi connectivity index (χ1n) is 11.1. The van der Waals surface area contributed by atoms with Gasteiger partial charge in [-0.3, -0.25) is 19.8 Å². The fourth-order valence-electron chi connectivity index (χ4n) is 3.54. The molecule has 3 heterocycles. The number of nitrogens with two attached hydrogens (primary N) is 1. The molecule has 0 radical (unpaired) electrons. The van der Waals surface area contributed by atoms with E-state index in [4.69, 9.17) is 15.2 Å². The van der Waals surface area contributed by atoms with Crippen molar-refractivity contribution >= 4 is 63.8 Å². The number of thioether (sulfide) groups is 1. The third-order valence-electron chi connectivity index (χ3n) is 4.97. The van der Waals surface area contributed by atoms with Crippen molar-refractivity contribution < 1.29 is 38.6 Å². The summed E-state index contributed by atoms with van der Waals surface area (Å²) in [6.07, 6.45) is 0.383. The summed E-state index contributed by atoms with van der Waals surface area (Å²) in [4.78, 5) is 66.1. The van der Waals surface area contributed by atoms with Crippen LogP contribution in [0.2, 0.25) is 0 Å². The molecular weight excluding hydrogens is 526 g/mol. The van der Waals surface area contributed by atoms with E-state index in [0.717, 1.165) is 16.2 Å². The highest BCUT2D eigenvalue weighted by molar-refractivity contribution is 8.00. The average molecular weight is 554 g/mol. The molecule has 1 saturated heterocycles. The zero-order valence-electron chi connectivity index (χ0n) is 20.5. The summed E-state index contributed by atoms with van der Waals surface area (Å²) in [7, 11) is 0. The van der Waals surface area contributed by atoms with Crippen molar-refractivity contribution in [3.8, 4) is 0 Å². The van der Waals surface area contributed by atoms with E-state index in [0.29, 0.717) is 12.1 Å². The number of amides is 4. The van der Waals surface area contributed by atoms with E-state index in [2.05, 4.69) is 15.6 Å². The van der Waals surface area contributed by atoms with Crippen molar-refractivity contribution in [1.82, 2.24) is 15.2 Å². The lowest BCUT2D eigenvalue weighted by atomic mass is 10.0. The van der Waals surface area contributed by atoms with Crippen molar-refractivity contribution in [2.45, 2.75) is 51.1 Å². The molecule has 0 saturated carbocycles. The molecule has 0 spiro atoms. The minimum absolute atomic E-state index is 0.166. The molecule has 5 N–H and O–H groups in total. The minimum atomic E-state index is -1.36. The van der Waals surface area contributed by atoms with Crippen LogP contribution in [0.5, 0.6) is 0 Å². The molecule has 2 aliphatic rings. The van der Waals surface area contributed by atoms with Crippen LogP contribution in [0, 0.1) is 0 Å². The number of aliphatic carboxylic acids is 1. The van der Waals surface area contributed by atoms with Gasteiger partial charge < -0.3 is 25.6 Å². The van der Waals surface area contributed by atoms with Crippen molar-refractivity contribution in [1.29, 1.82) is 0 Å². The fourth-order valence-corrected chi connectivity index (χ4v) is 5.56. The Hall–Kier alpha value is -3.59. The summed E-state index contributed by atoms with van der Waals surface area (Å²) in [5.74, 6) is -2.37. The first-order valence-corrected chi connectivity index (χ1v) is 13.0. The number of primary amides is 1. The predicted molar refractivity (Wildman–Crippen MR) is 135 cm³/mol. The largest absolute Gasteiger partial charge is 0.477 e. The van der Waals surface area contributed by atoms with Gasteiger partial charge in [0.1, 0.15) is 29.3 Å². The second kappa shape index (κ2) is 11.2. The van der Waals surface area contributed by atoms with Gasteiger partial charge in [0.25, 0.3) is 11.8 Å². The number of nitrogens with zero attached hydrogens (tertiary/aromatic N) is 2. The van der Waals surface area contributed by atoms with Crippen LogP contribution in [0.3, 0.4) is 0 Å². The summed E-state index contributed by atoms with van der Waals surface area (Å²) >= 11 is 2.33. The Morgan fingerprint density at radius 3 is 2.62 bits per heavy atom. The number of ether oxygens (including phenoxy) is 2. The highest BCUT2D eigenvalue weighted by Gasteiger charge is 2.54. The molecule has 200 valence electrons. The molecule has 4 amide bonds. The van der Waals surface area contributed by atoms with Crippen molar-refractivity contribution in [3.63, 3.8) is 0 Å². The lowest BCUT2D eigenvalue weighted by Crippen LogP contribution is -2.70. The van der Waals surface area contributed by atoms with E-state index in [-0.39, 0.29) is 34.3 Å². The van der Waals surface area contributed by atoms with Crippen molar-refractivity contribution in [2.24, 2.45) is 5.73 Å². The molecule has 1 fully saturated rings. The normalized spacial score (nSPS) is 19.5. The molecule has 1 aromatic rings. The first-order chi connectivity index (χ1) is 17.3. The number of nitrogens with one attached hydrogen (secondary N) is 2. The molecule has 0 aromatic carbocycles. The maximum atomic E-state index is 13.1. The number of hydrogen-bond acceptors (Lipinski definition) is 10. The molecule has 13 nitrogen and oxygen atoms in total. The molecule has 0 bridgehead atoms. The van der Waals surface area contributed by atoms with Gasteiger partial charge in [-0.15, -0.1) is 23.1 Å². The van der Waals surface area contributed by atoms with E-state index in [1.54, 1.807) is 32.2 Å². The van der Waals surface area contributed by atoms with Crippen molar-refractivity contribution in [2.75, 3.05) is 17.7 Å². The van der Waals surface area contributed by atoms with Gasteiger partial charge in [-0.1, -0.05) is 13.0 Å². The molecule has 15 heteroatoms. The summed E-state index contributed by atoms with van der Waals surface area (Å²) in [5.41, 5.74) is 4.70. The molecular formula is C22H27N5O8S2. The number of hydrogen-bond donors (Lipinski definition) is 4. The third kappa shape index (κ3) is 6.60. The van der Waals surface area contributed by atoms with Crippen LogP contribution in [0.4, 0.5) is 14.7 Å². The number of β-lactam (4-membered cyclic amide) rings is 1. The van der Waals surface area contributed by atoms with Gasteiger partial charge in [0.05, 0.1) is 11.3 Å². The highest BCUT2D eigenvalue weighted by atomic mass is 32.2. The molecule has 2 aliphatic heterocycles. The lowest BCUT2D eigenvalue weighted by molar-refractivity contribution is -0.150. The van der Waals surface area contributed by atoms with E-state index in [9.17, 15) is 29.1 Å². The molecule has 2 atom stereocenters. The first kappa shape index (κ1) is 28.0. The second-order valence-corrected chi connectivity index (χ2v) is 10.9. The fraction of sp³-hybridized carbons (Fsp3) is 0.455. The van der Waals surface area contributed by atoms with Gasteiger partial charge in [-0.25, -0.2) is 19.4 Å². The van der Waals surface area contributed by atoms with Crippen LogP contribution in [0.15, 0.2) is 22.7 Å². The highest BCUT2D eigenvalue weighted by Crippen LogP contribution is 2.40. The third-order valence-corrected chi connectivity index (χ3v) is 7.06. The van der Waals surface area contributed by atoms with E-state index < -0.39 is 47.0 Å². The minimum Gasteiger partial charge on any atom is -0.477 e. The Morgan fingerprint density at radius 2 is 2.03 bits per heavy atom. The van der Waals surface area contributed by atoms with Gasteiger partial charge in [0.2, 0.25) is 0 Å². The summed E-state index contributed by atoms with van der Waals surface area (Å²) < 4.78 is 9.91. The molecule has 37 heavy (non-hydrogen) atoms. The van der Waals surface area contributed by atoms with Crippen LogP contribution in [-0.4, -0.2) is 74.3 Å². The van der Waals surface area contributed by atoms with Gasteiger partial charge in [-0.2, -0.15) is 0 Å². The Morgan fingerprint density at radius 1 is 1.32 bits per heavy atom. The standard InChI is InChI=1S/C22H27N5O8S2/c1-5-6-11(12-9-37-20(24-12)26-21(33)35-22(2,3)4)15(28)25-13-16(29)27-14(18(30)31)10(7-34-19(23)32)8-36-17(13)27/h6,9,13,17H,5,7-8H2,1-4H3,(H2,23,32)(H,25,28)(H,30,31)(H,24,26,33)/b11-6+/t13-,17-/m1/s1. The molecule has 0 aliphatic carbocycles. The number of fused-ring (bicyclic) bond motifs is 1. The summed E-state index contributed by atoms with van der Waals surface area (Å²) in [6.45, 7) is 6.65. The lowest BCUT2D eigenvalue weighted by Gasteiger charge is -2.49. The monoisotopic (exact) mass is 553 g/mol. The molecule has 0 unspecified atom stereocenters. The number of anilines is 1. The number of carboxylic acid groups (broad SMARTS) is 1. The van der Waals surface area contributed by atoms with Gasteiger partial charge in [-0.05, 0) is 27.2 Å². The topological polar surface area (TPSA) is 190 Å². The van der Waals surface area contributed by atoms with Crippen LogP contribution < -0.4 is 16.4 Å². The Kier molecular flexibility index (Phi) is 8.48. The number of rotatable bonds is 8. The molecule has 1 aromatic heterocycles. The maximum absolute atomic E-state index is 13.1. The number of carbonyl (C=O) groups is 5. The van der Waals surface area contributed by atoms with Crippen LogP contribution >= 0.6 is 23.1 Å². The Bertz CT molecular complexity index is 1190. The van der Waals surface area contributed by atoms with E-state index in [1.165, 1.54) is 11.8 Å². The van der Waals surface area contributed by atoms with Gasteiger partial charge in [0, 0.05) is 16.7 Å². The predicted octanol–water partition coefficient (Wildman–Crippen LogP) is 2.12. The number of carboxylic acids is 1. The van der Waals surface area contributed by atoms with Gasteiger partial charge >= 0.3 is 18.2 Å². The number of aromatic nitrogens is 1. The van der Waals surface area contributed by atoms with Crippen LogP contribution in [-0.2, 0) is 23.9 Å². The van der Waals surface area contributed by atoms with E-state index >= 15 is 0 Å². The van der Waals surface area contributed by atoms with Gasteiger partial charge in [0.15, 0.2) is 5.13 Å². The molecule has 3 rings (SSSR count). The van der Waals surface area contributed by atoms with Crippen LogP contribution in [0.25, 0.3) is 5.57 Å². The smallest absolute Gasteiger partial charge is 0.413 e. The Labute approximate surface area is 220 Å². The quantitative estimate of drug-likeness (QED) is 0.274. The summed E-state index contributed by atoms with van der Waals surface area (Å²) in [6, 6.07) is -0.969. The zero-order chi connectivity index (χ0) is 27.5. The number of carbonyl (C=O) groups excluding carboxylic acids is 4. The summed E-state index contributed by atoms with van der Waals surface area (Å²) in [5, 5.41) is 16.0. The zero-order valence-corrected chi connectivity index (χ0v) is 22.2. The SMILES string of the molecule is CC/C=C(/C(=O)N[C@@H]1C(=O)N2C(C(=O)O)=C(COC(N)=O)CS[C@H]12)c1csc(NC(=O)OC(C)(C)C)n1. The Balaban J connectivity index is 1.72. The van der Waals surface area contributed by atoms with Crippen molar-refractivity contribution in [3.05, 3.63) is 28.4 Å². The average Bonchev–Trinajstić information content (AvgIpc) is 3.24.